The number of hydrogen-bond acceptors (Lipinski definition) is 6. The van der Waals surface area contributed by atoms with Crippen LogP contribution in [0.15, 0.2) is 72.3 Å². The lowest BCUT2D eigenvalue weighted by Gasteiger charge is -2.69. The van der Waals surface area contributed by atoms with Gasteiger partial charge in [-0.2, -0.15) is 0 Å². The largest absolute Gasteiger partial charge is 0.461 e. The van der Waals surface area contributed by atoms with Gasteiger partial charge in [0.05, 0.1) is 12.0 Å². The second kappa shape index (κ2) is 13.2. The Balaban J connectivity index is 1.17. The highest BCUT2D eigenvalue weighted by Crippen LogP contribution is 2.74. The van der Waals surface area contributed by atoms with E-state index in [0.29, 0.717) is 12.3 Å². The van der Waals surface area contributed by atoms with Crippen molar-refractivity contribution in [1.82, 2.24) is 4.90 Å². The average Bonchev–Trinajstić information content (AvgIpc) is 3.10. The van der Waals surface area contributed by atoms with E-state index in [1.807, 2.05) is 79.7 Å². The van der Waals surface area contributed by atoms with Crippen LogP contribution in [0.4, 0.5) is 0 Å². The summed E-state index contributed by atoms with van der Waals surface area (Å²) in [6, 6.07) is 20.1. The summed E-state index contributed by atoms with van der Waals surface area (Å²) in [7, 11) is 3.78. The van der Waals surface area contributed by atoms with Gasteiger partial charge in [-0.15, -0.1) is 0 Å². The Bertz CT molecular complexity index is 1680. The van der Waals surface area contributed by atoms with Crippen LogP contribution in [0.25, 0.3) is 0 Å². The molecule has 6 heteroatoms. The Morgan fingerprint density at radius 2 is 1.44 bits per heavy atom. The molecule has 6 nitrogen and oxygen atoms in total. The van der Waals surface area contributed by atoms with Crippen LogP contribution in [-0.4, -0.2) is 49.4 Å². The summed E-state index contributed by atoms with van der Waals surface area (Å²) in [6.45, 7) is 14.3. The van der Waals surface area contributed by atoms with E-state index in [1.54, 1.807) is 0 Å². The topological polar surface area (TPSA) is 72.9 Å². The van der Waals surface area contributed by atoms with E-state index in [9.17, 15) is 14.4 Å². The molecule has 5 aliphatic carbocycles. The van der Waals surface area contributed by atoms with E-state index < -0.39 is 11.5 Å². The first kappa shape index (κ1) is 37.1. The zero-order valence-corrected chi connectivity index (χ0v) is 32.9. The van der Waals surface area contributed by atoms with Crippen LogP contribution in [0, 0.1) is 50.7 Å². The highest BCUT2D eigenvalue weighted by molar-refractivity contribution is 5.95. The van der Waals surface area contributed by atoms with Crippen molar-refractivity contribution in [2.45, 2.75) is 112 Å². The van der Waals surface area contributed by atoms with Crippen LogP contribution in [0.3, 0.4) is 0 Å². The monoisotopic (exact) mass is 707 g/mol. The van der Waals surface area contributed by atoms with Crippen molar-refractivity contribution in [3.05, 3.63) is 83.4 Å². The molecule has 0 N–H and O–H groups in total. The minimum absolute atomic E-state index is 0.0387. The number of carbonyl (C=O) groups excluding carboxylic acids is 3. The predicted molar refractivity (Wildman–Crippen MR) is 204 cm³/mol. The summed E-state index contributed by atoms with van der Waals surface area (Å²) in [5, 5.41) is 0. The van der Waals surface area contributed by atoms with Crippen molar-refractivity contribution in [3.8, 4) is 0 Å². The highest BCUT2D eigenvalue weighted by atomic mass is 16.5. The maximum atomic E-state index is 14.9. The summed E-state index contributed by atoms with van der Waals surface area (Å²) >= 11 is 0. The van der Waals surface area contributed by atoms with Crippen LogP contribution < -0.4 is 0 Å². The lowest BCUT2D eigenvalue weighted by molar-refractivity contribution is -0.193. The minimum atomic E-state index is -0.659. The maximum Gasteiger partial charge on any atom is 0.320 e. The minimum Gasteiger partial charge on any atom is -0.461 e. The quantitative estimate of drug-likeness (QED) is 0.267. The van der Waals surface area contributed by atoms with Gasteiger partial charge < -0.3 is 9.47 Å². The van der Waals surface area contributed by atoms with E-state index in [2.05, 4.69) is 47.6 Å². The van der Waals surface area contributed by atoms with Crippen LogP contribution in [-0.2, 0) is 23.9 Å². The third-order valence-electron chi connectivity index (χ3n) is 15.8. The molecule has 7 rings (SSSR count). The Kier molecular flexibility index (Phi) is 9.45. The number of esters is 2. The van der Waals surface area contributed by atoms with Gasteiger partial charge in [-0.05, 0) is 135 Å². The summed E-state index contributed by atoms with van der Waals surface area (Å²) in [6.07, 6.45) is 9.81. The number of fused-ring (bicyclic) bond motifs is 7. The lowest BCUT2D eigenvalue weighted by Crippen LogP contribution is -2.65. The molecular weight excluding hydrogens is 647 g/mol. The fourth-order valence-electron chi connectivity index (χ4n) is 12.4. The predicted octanol–water partition coefficient (Wildman–Crippen LogP) is 9.38. The Morgan fingerprint density at radius 1 is 0.827 bits per heavy atom. The van der Waals surface area contributed by atoms with Gasteiger partial charge in [-0.25, -0.2) is 0 Å². The van der Waals surface area contributed by atoms with Gasteiger partial charge in [0.2, 0.25) is 0 Å². The van der Waals surface area contributed by atoms with Crippen molar-refractivity contribution in [2.24, 2.45) is 50.7 Å². The van der Waals surface area contributed by atoms with Gasteiger partial charge in [-0.3, -0.25) is 19.3 Å². The summed E-state index contributed by atoms with van der Waals surface area (Å²) in [4.78, 5) is 43.9. The first-order valence-corrected chi connectivity index (χ1v) is 20.0. The van der Waals surface area contributed by atoms with Crippen LogP contribution >= 0.6 is 0 Å². The SMILES string of the molecule is C[C@H]1[C@@H](OC(=O)CN(C)C)CC[C@]2(C)[C@H]3C(=O)C=C4[C@@H]5C[C@@](C)(C(=O)OC(c6ccccc6)c6ccccc6)CC[C@]5(C)CC[C@@]4(C)[C@]3(C)CC[C@@H]12. The number of allylic oxidation sites excluding steroid dienone is 2. The average molecular weight is 708 g/mol. The number of hydrogen-bond donors (Lipinski definition) is 0. The molecule has 2 aromatic rings. The number of carbonyl (C=O) groups is 3. The normalized spacial score (nSPS) is 39.8. The summed E-state index contributed by atoms with van der Waals surface area (Å²) in [5.74, 6) is 0.571. The molecule has 0 bridgehead atoms. The molecule has 0 radical (unpaired) electrons. The summed E-state index contributed by atoms with van der Waals surface area (Å²) in [5.41, 5.74) is 2.13. The fourth-order valence-corrected chi connectivity index (χ4v) is 12.4. The zero-order valence-electron chi connectivity index (χ0n) is 32.9. The highest BCUT2D eigenvalue weighted by Gasteiger charge is 2.69. The Morgan fingerprint density at radius 3 is 2.06 bits per heavy atom. The molecule has 4 saturated carbocycles. The Hall–Kier alpha value is -3.25. The molecule has 4 fully saturated rings. The maximum absolute atomic E-state index is 14.9. The fraction of sp³-hybridized carbons (Fsp3) is 0.630. The van der Waals surface area contributed by atoms with Crippen molar-refractivity contribution < 1.29 is 23.9 Å². The molecule has 0 amide bonds. The lowest BCUT2D eigenvalue weighted by atomic mass is 9.34. The smallest absolute Gasteiger partial charge is 0.320 e. The van der Waals surface area contributed by atoms with Crippen LogP contribution in [0.1, 0.15) is 117 Å². The molecule has 2 aromatic carbocycles. The van der Waals surface area contributed by atoms with Crippen molar-refractivity contribution >= 4 is 17.7 Å². The van der Waals surface area contributed by atoms with Gasteiger partial charge >= 0.3 is 11.9 Å². The van der Waals surface area contributed by atoms with E-state index in [0.717, 1.165) is 62.5 Å². The van der Waals surface area contributed by atoms with E-state index >= 15 is 0 Å². The third-order valence-corrected chi connectivity index (χ3v) is 15.8. The van der Waals surface area contributed by atoms with E-state index in [4.69, 9.17) is 9.47 Å². The molecule has 5 aliphatic rings. The molecule has 280 valence electrons. The third kappa shape index (κ3) is 5.90. The number of nitrogens with zero attached hydrogens (tertiary/aromatic N) is 1. The second-order valence-electron chi connectivity index (χ2n) is 19.1. The van der Waals surface area contributed by atoms with Crippen LogP contribution in [0.5, 0.6) is 0 Å². The van der Waals surface area contributed by atoms with Gasteiger partial charge in [0.15, 0.2) is 11.9 Å². The molecular formula is C46H61NO5. The van der Waals surface area contributed by atoms with Gasteiger partial charge in [0.1, 0.15) is 6.10 Å². The summed E-state index contributed by atoms with van der Waals surface area (Å²) < 4.78 is 12.6. The van der Waals surface area contributed by atoms with Crippen molar-refractivity contribution in [2.75, 3.05) is 20.6 Å². The number of rotatable bonds is 7. The molecule has 0 unspecified atom stereocenters. The molecule has 0 saturated heterocycles. The number of likely N-dealkylation sites (N-methyl/N-ethyl adjacent to an activating group) is 1. The first-order valence-electron chi connectivity index (χ1n) is 20.0. The van der Waals surface area contributed by atoms with E-state index in [-0.39, 0.29) is 69.8 Å². The zero-order chi connectivity index (χ0) is 37.3. The van der Waals surface area contributed by atoms with Gasteiger partial charge in [0.25, 0.3) is 0 Å². The molecule has 0 spiro atoms. The molecule has 10 atom stereocenters. The number of benzene rings is 2. The Labute approximate surface area is 312 Å². The molecule has 0 aromatic heterocycles. The molecule has 0 aliphatic heterocycles. The first-order chi connectivity index (χ1) is 24.5. The standard InChI is InChI=1S/C46H61NO5/c1-30-33-19-22-46(6)40(44(33,4)21-20-37(30)51-38(49)29-47(7)8)36(48)27-34-35-28-43(3,24-23-42(35,2)25-26-45(34,46)5)41(50)52-39(31-15-11-9-12-16-31)32-17-13-10-14-18-32/h9-18,27,30,33,35,37,39-40H,19-26,28-29H2,1-8H3/t30-,33+,35+,37+,40-,42-,43+,44+,45-,46-/m1/s1. The van der Waals surface area contributed by atoms with Crippen molar-refractivity contribution in [3.63, 3.8) is 0 Å². The van der Waals surface area contributed by atoms with Crippen molar-refractivity contribution in [1.29, 1.82) is 0 Å². The number of ketones is 1. The van der Waals surface area contributed by atoms with Crippen LogP contribution in [0.2, 0.25) is 0 Å². The second-order valence-corrected chi connectivity index (χ2v) is 19.1. The van der Waals surface area contributed by atoms with Gasteiger partial charge in [-0.1, -0.05) is 101 Å². The van der Waals surface area contributed by atoms with Gasteiger partial charge in [0, 0.05) is 5.92 Å². The van der Waals surface area contributed by atoms with E-state index in [1.165, 1.54) is 5.57 Å². The number of ether oxygens (including phenoxy) is 2. The molecule has 0 heterocycles. The molecule has 52 heavy (non-hydrogen) atoms.